The van der Waals surface area contributed by atoms with Crippen LogP contribution in [0.1, 0.15) is 25.7 Å². The van der Waals surface area contributed by atoms with Crippen LogP contribution in [-0.4, -0.2) is 58.4 Å². The Hall–Kier alpha value is -1.24. The third-order valence-electron chi connectivity index (χ3n) is 3.56. The summed E-state index contributed by atoms with van der Waals surface area (Å²) in [6.07, 6.45) is 3.62. The normalized spacial score (nSPS) is 19.7. The van der Waals surface area contributed by atoms with Crippen LogP contribution in [-0.2, 0) is 14.4 Å². The molecule has 0 spiro atoms. The van der Waals surface area contributed by atoms with Crippen LogP contribution < -0.4 is 5.32 Å². The predicted octanol–water partition coefficient (Wildman–Crippen LogP) is 0.321. The zero-order valence-corrected chi connectivity index (χ0v) is 12.2. The summed E-state index contributed by atoms with van der Waals surface area (Å²) in [7, 11) is 0. The van der Waals surface area contributed by atoms with Gasteiger partial charge in [-0.25, -0.2) is 0 Å². The lowest BCUT2D eigenvalue weighted by Crippen LogP contribution is -2.47. The van der Waals surface area contributed by atoms with E-state index in [1.807, 2.05) is 4.90 Å². The summed E-state index contributed by atoms with van der Waals surface area (Å²) in [5, 5.41) is 11.4. The van der Waals surface area contributed by atoms with Gasteiger partial charge in [-0.15, -0.1) is 11.8 Å². The van der Waals surface area contributed by atoms with Gasteiger partial charge < -0.3 is 15.3 Å². The SMILES string of the molecule is O=C(O)CSCC(=O)NC1CCN(C(=O)C2CC2)CC1. The summed E-state index contributed by atoms with van der Waals surface area (Å²) < 4.78 is 0. The molecule has 0 atom stereocenters. The number of nitrogens with zero attached hydrogens (tertiary/aromatic N) is 1. The van der Waals surface area contributed by atoms with Crippen LogP contribution in [0.5, 0.6) is 0 Å². The van der Waals surface area contributed by atoms with Crippen LogP contribution in [0, 0.1) is 5.92 Å². The number of amides is 2. The number of nitrogens with one attached hydrogen (secondary N) is 1. The van der Waals surface area contributed by atoms with Crippen LogP contribution >= 0.6 is 11.8 Å². The van der Waals surface area contributed by atoms with Crippen molar-refractivity contribution in [1.82, 2.24) is 10.2 Å². The molecule has 0 aromatic heterocycles. The number of piperidine rings is 1. The molecule has 1 heterocycles. The minimum atomic E-state index is -0.908. The van der Waals surface area contributed by atoms with Gasteiger partial charge in [-0.3, -0.25) is 14.4 Å². The first-order valence-electron chi connectivity index (χ1n) is 6.94. The number of carboxylic acid groups (broad SMARTS) is 1. The smallest absolute Gasteiger partial charge is 0.313 e. The average molecular weight is 300 g/mol. The molecular weight excluding hydrogens is 280 g/mol. The molecule has 1 saturated carbocycles. The van der Waals surface area contributed by atoms with Gasteiger partial charge in [-0.1, -0.05) is 0 Å². The molecule has 2 rings (SSSR count). The molecule has 2 N–H and O–H groups in total. The van der Waals surface area contributed by atoms with Crippen molar-refractivity contribution in [1.29, 1.82) is 0 Å². The van der Waals surface area contributed by atoms with Gasteiger partial charge in [-0.05, 0) is 25.7 Å². The third-order valence-corrected chi connectivity index (χ3v) is 4.47. The molecule has 0 aromatic rings. The first-order chi connectivity index (χ1) is 9.56. The van der Waals surface area contributed by atoms with Gasteiger partial charge in [0.05, 0.1) is 11.5 Å². The standard InChI is InChI=1S/C13H20N2O4S/c16-11(7-20-8-12(17)18)14-10-3-5-15(6-4-10)13(19)9-1-2-9/h9-10H,1-8H2,(H,14,16)(H,17,18). The second-order valence-corrected chi connectivity index (χ2v) is 6.31. The molecule has 0 aromatic carbocycles. The highest BCUT2D eigenvalue weighted by atomic mass is 32.2. The third kappa shape index (κ3) is 4.70. The van der Waals surface area contributed by atoms with Crippen LogP contribution in [0.2, 0.25) is 0 Å². The molecule has 1 aliphatic carbocycles. The lowest BCUT2D eigenvalue weighted by molar-refractivity contribution is -0.134. The largest absolute Gasteiger partial charge is 0.481 e. The van der Waals surface area contributed by atoms with E-state index >= 15 is 0 Å². The molecular formula is C13H20N2O4S. The highest BCUT2D eigenvalue weighted by Crippen LogP contribution is 2.31. The lowest BCUT2D eigenvalue weighted by atomic mass is 10.0. The van der Waals surface area contributed by atoms with E-state index in [0.717, 1.165) is 37.4 Å². The summed E-state index contributed by atoms with van der Waals surface area (Å²) in [6, 6.07) is 0.108. The fourth-order valence-corrected chi connectivity index (χ4v) is 2.88. The maximum atomic E-state index is 11.9. The number of aliphatic carboxylic acids is 1. The van der Waals surface area contributed by atoms with E-state index in [1.165, 1.54) is 0 Å². The Morgan fingerprint density at radius 3 is 2.30 bits per heavy atom. The molecule has 6 nitrogen and oxygen atoms in total. The Balaban J connectivity index is 1.62. The van der Waals surface area contributed by atoms with Crippen LogP contribution in [0.25, 0.3) is 0 Å². The Kier molecular flexibility index (Phi) is 5.28. The number of carbonyl (C=O) groups excluding carboxylic acids is 2. The second-order valence-electron chi connectivity index (χ2n) is 5.33. The summed E-state index contributed by atoms with van der Waals surface area (Å²) in [6.45, 7) is 1.42. The summed E-state index contributed by atoms with van der Waals surface area (Å²) in [5.74, 6) is -0.381. The molecule has 20 heavy (non-hydrogen) atoms. The zero-order chi connectivity index (χ0) is 14.5. The van der Waals surface area contributed by atoms with Gasteiger partial charge in [0.2, 0.25) is 11.8 Å². The molecule has 2 fully saturated rings. The number of carboxylic acids is 1. The fourth-order valence-electron chi connectivity index (χ4n) is 2.33. The van der Waals surface area contributed by atoms with Crippen molar-refractivity contribution in [3.8, 4) is 0 Å². The first-order valence-corrected chi connectivity index (χ1v) is 8.09. The Bertz CT molecular complexity index is 390. The van der Waals surface area contributed by atoms with Gasteiger partial charge in [-0.2, -0.15) is 0 Å². The lowest BCUT2D eigenvalue weighted by Gasteiger charge is -2.32. The maximum Gasteiger partial charge on any atom is 0.313 e. The predicted molar refractivity (Wildman–Crippen MR) is 75.4 cm³/mol. The van der Waals surface area contributed by atoms with Crippen LogP contribution in [0.15, 0.2) is 0 Å². The van der Waals surface area contributed by atoms with Crippen molar-refractivity contribution in [2.75, 3.05) is 24.6 Å². The van der Waals surface area contributed by atoms with Crippen LogP contribution in [0.3, 0.4) is 0 Å². The number of hydrogen-bond donors (Lipinski definition) is 2. The molecule has 0 bridgehead atoms. The molecule has 0 unspecified atom stereocenters. The Morgan fingerprint density at radius 2 is 1.75 bits per heavy atom. The van der Waals surface area contributed by atoms with Crippen molar-refractivity contribution in [2.45, 2.75) is 31.7 Å². The number of carbonyl (C=O) groups is 3. The maximum absolute atomic E-state index is 11.9. The summed E-state index contributed by atoms with van der Waals surface area (Å²) in [5.41, 5.74) is 0. The summed E-state index contributed by atoms with van der Waals surface area (Å²) in [4.78, 5) is 35.7. The molecule has 0 radical (unpaired) electrons. The molecule has 2 amide bonds. The number of hydrogen-bond acceptors (Lipinski definition) is 4. The first kappa shape index (κ1) is 15.2. The number of rotatable bonds is 6. The van der Waals surface area contributed by atoms with Crippen LogP contribution in [0.4, 0.5) is 0 Å². The van der Waals surface area contributed by atoms with Crippen molar-refractivity contribution < 1.29 is 19.5 Å². The van der Waals surface area contributed by atoms with Gasteiger partial charge in [0, 0.05) is 25.0 Å². The molecule has 1 aliphatic heterocycles. The van der Waals surface area contributed by atoms with Crippen molar-refractivity contribution in [2.24, 2.45) is 5.92 Å². The average Bonchev–Trinajstić information content (AvgIpc) is 3.22. The molecule has 2 aliphatic rings. The second kappa shape index (κ2) is 6.97. The van der Waals surface area contributed by atoms with Crippen molar-refractivity contribution in [3.63, 3.8) is 0 Å². The van der Waals surface area contributed by atoms with E-state index < -0.39 is 5.97 Å². The van der Waals surface area contributed by atoms with E-state index in [2.05, 4.69) is 5.32 Å². The van der Waals surface area contributed by atoms with E-state index in [-0.39, 0.29) is 35.3 Å². The minimum Gasteiger partial charge on any atom is -0.481 e. The minimum absolute atomic E-state index is 0.0538. The quantitative estimate of drug-likeness (QED) is 0.738. The van der Waals surface area contributed by atoms with E-state index in [0.29, 0.717) is 13.1 Å². The van der Waals surface area contributed by atoms with E-state index in [4.69, 9.17) is 5.11 Å². The zero-order valence-electron chi connectivity index (χ0n) is 11.3. The van der Waals surface area contributed by atoms with Crippen molar-refractivity contribution in [3.05, 3.63) is 0 Å². The van der Waals surface area contributed by atoms with E-state index in [9.17, 15) is 14.4 Å². The molecule has 112 valence electrons. The fraction of sp³-hybridized carbons (Fsp3) is 0.769. The Labute approximate surface area is 122 Å². The van der Waals surface area contributed by atoms with E-state index in [1.54, 1.807) is 0 Å². The Morgan fingerprint density at radius 1 is 1.10 bits per heavy atom. The van der Waals surface area contributed by atoms with Gasteiger partial charge in [0.25, 0.3) is 0 Å². The number of thioether (sulfide) groups is 1. The molecule has 1 saturated heterocycles. The summed E-state index contributed by atoms with van der Waals surface area (Å²) >= 11 is 1.10. The monoisotopic (exact) mass is 300 g/mol. The van der Waals surface area contributed by atoms with Gasteiger partial charge in [0.1, 0.15) is 0 Å². The number of likely N-dealkylation sites (tertiary alicyclic amines) is 1. The highest BCUT2D eigenvalue weighted by molar-refractivity contribution is 8.00. The topological polar surface area (TPSA) is 86.7 Å². The molecule has 7 heteroatoms. The van der Waals surface area contributed by atoms with Gasteiger partial charge >= 0.3 is 5.97 Å². The van der Waals surface area contributed by atoms with Gasteiger partial charge in [0.15, 0.2) is 0 Å². The van der Waals surface area contributed by atoms with Crippen molar-refractivity contribution >= 4 is 29.5 Å². The highest BCUT2D eigenvalue weighted by Gasteiger charge is 2.34.